The fourth-order valence-electron chi connectivity index (χ4n) is 2.23. The SMILES string of the molecule is CC1CC(NS(=O)(=O)c2ccccc2C#CCN)C1. The van der Waals surface area contributed by atoms with Crippen LogP contribution in [0.25, 0.3) is 0 Å². The lowest BCUT2D eigenvalue weighted by atomic mass is 9.83. The zero-order chi connectivity index (χ0) is 13.9. The van der Waals surface area contributed by atoms with E-state index >= 15 is 0 Å². The first kappa shape index (κ1) is 14.1. The van der Waals surface area contributed by atoms with Crippen molar-refractivity contribution < 1.29 is 8.42 Å². The number of nitrogens with one attached hydrogen (secondary N) is 1. The largest absolute Gasteiger partial charge is 0.320 e. The molecule has 102 valence electrons. The zero-order valence-corrected chi connectivity index (χ0v) is 11.7. The van der Waals surface area contributed by atoms with Crippen LogP contribution in [0.15, 0.2) is 29.2 Å². The molecule has 5 heteroatoms. The average molecular weight is 278 g/mol. The van der Waals surface area contributed by atoms with Crippen molar-refractivity contribution in [2.75, 3.05) is 6.54 Å². The van der Waals surface area contributed by atoms with Crippen molar-refractivity contribution in [2.24, 2.45) is 11.7 Å². The van der Waals surface area contributed by atoms with Crippen LogP contribution >= 0.6 is 0 Å². The minimum Gasteiger partial charge on any atom is -0.320 e. The summed E-state index contributed by atoms with van der Waals surface area (Å²) in [7, 11) is -3.50. The third kappa shape index (κ3) is 3.35. The highest BCUT2D eigenvalue weighted by Crippen LogP contribution is 2.28. The molecule has 0 aliphatic heterocycles. The van der Waals surface area contributed by atoms with Crippen molar-refractivity contribution in [3.05, 3.63) is 29.8 Å². The lowest BCUT2D eigenvalue weighted by Gasteiger charge is -2.33. The van der Waals surface area contributed by atoms with Gasteiger partial charge in [0.1, 0.15) is 0 Å². The van der Waals surface area contributed by atoms with E-state index in [-0.39, 0.29) is 17.5 Å². The third-order valence-electron chi connectivity index (χ3n) is 3.20. The van der Waals surface area contributed by atoms with Gasteiger partial charge in [-0.3, -0.25) is 0 Å². The average Bonchev–Trinajstić information content (AvgIpc) is 2.34. The van der Waals surface area contributed by atoms with Gasteiger partial charge in [-0.05, 0) is 30.9 Å². The number of hydrogen-bond donors (Lipinski definition) is 2. The molecule has 0 amide bonds. The van der Waals surface area contributed by atoms with Crippen LogP contribution in [-0.2, 0) is 10.0 Å². The fraction of sp³-hybridized carbons (Fsp3) is 0.429. The third-order valence-corrected chi connectivity index (χ3v) is 4.78. The number of rotatable bonds is 3. The van der Waals surface area contributed by atoms with Gasteiger partial charge in [0.15, 0.2) is 0 Å². The Kier molecular flexibility index (Phi) is 4.25. The maximum Gasteiger partial charge on any atom is 0.242 e. The van der Waals surface area contributed by atoms with Gasteiger partial charge >= 0.3 is 0 Å². The number of hydrogen-bond acceptors (Lipinski definition) is 3. The molecule has 0 spiro atoms. The molecule has 0 saturated heterocycles. The molecule has 1 aromatic carbocycles. The monoisotopic (exact) mass is 278 g/mol. The van der Waals surface area contributed by atoms with Crippen LogP contribution in [0.3, 0.4) is 0 Å². The maximum absolute atomic E-state index is 12.3. The number of sulfonamides is 1. The lowest BCUT2D eigenvalue weighted by molar-refractivity contribution is 0.270. The Morgan fingerprint density at radius 2 is 2.05 bits per heavy atom. The topological polar surface area (TPSA) is 72.2 Å². The van der Waals surface area contributed by atoms with Crippen LogP contribution in [0.2, 0.25) is 0 Å². The van der Waals surface area contributed by atoms with Gasteiger partial charge in [-0.1, -0.05) is 30.9 Å². The van der Waals surface area contributed by atoms with E-state index in [0.29, 0.717) is 11.5 Å². The van der Waals surface area contributed by atoms with Gasteiger partial charge in [0.05, 0.1) is 11.4 Å². The number of benzene rings is 1. The number of nitrogens with two attached hydrogens (primary N) is 1. The Labute approximate surface area is 114 Å². The Bertz CT molecular complexity index is 608. The van der Waals surface area contributed by atoms with E-state index in [1.165, 1.54) is 0 Å². The second-order valence-corrected chi connectivity index (χ2v) is 6.58. The van der Waals surface area contributed by atoms with Crippen molar-refractivity contribution >= 4 is 10.0 Å². The minimum atomic E-state index is -3.50. The minimum absolute atomic E-state index is 0.0514. The van der Waals surface area contributed by atoms with E-state index < -0.39 is 10.0 Å². The van der Waals surface area contributed by atoms with E-state index in [9.17, 15) is 8.42 Å². The Hall–Kier alpha value is -1.35. The van der Waals surface area contributed by atoms with Crippen LogP contribution < -0.4 is 10.5 Å². The predicted molar refractivity (Wildman–Crippen MR) is 74.9 cm³/mol. The molecule has 0 aromatic heterocycles. The van der Waals surface area contributed by atoms with Gasteiger partial charge in [0.25, 0.3) is 0 Å². The highest BCUT2D eigenvalue weighted by molar-refractivity contribution is 7.89. The summed E-state index contributed by atoms with van der Waals surface area (Å²) < 4.78 is 27.4. The van der Waals surface area contributed by atoms with E-state index in [2.05, 4.69) is 23.5 Å². The molecule has 3 N–H and O–H groups in total. The van der Waals surface area contributed by atoms with Gasteiger partial charge in [-0.25, -0.2) is 13.1 Å². The van der Waals surface area contributed by atoms with E-state index in [4.69, 9.17) is 5.73 Å². The first-order chi connectivity index (χ1) is 9.03. The molecule has 1 aromatic rings. The van der Waals surface area contributed by atoms with Gasteiger partial charge < -0.3 is 5.73 Å². The van der Waals surface area contributed by atoms with E-state index in [1.54, 1.807) is 24.3 Å². The molecule has 2 rings (SSSR count). The zero-order valence-electron chi connectivity index (χ0n) is 10.9. The van der Waals surface area contributed by atoms with Crippen molar-refractivity contribution in [2.45, 2.75) is 30.7 Å². The van der Waals surface area contributed by atoms with Crippen LogP contribution in [0, 0.1) is 17.8 Å². The smallest absolute Gasteiger partial charge is 0.242 e. The quantitative estimate of drug-likeness (QED) is 0.813. The summed E-state index contributed by atoms with van der Waals surface area (Å²) in [6, 6.07) is 6.79. The molecule has 4 nitrogen and oxygen atoms in total. The predicted octanol–water partition coefficient (Wildman–Crippen LogP) is 1.07. The first-order valence-corrected chi connectivity index (χ1v) is 7.81. The standard InChI is InChI=1S/C14H18N2O2S/c1-11-9-13(10-11)16-19(17,18)14-7-3-2-5-12(14)6-4-8-15/h2-3,5,7,11,13,16H,8-10,15H2,1H3. The molecular formula is C14H18N2O2S. The van der Waals surface area contributed by atoms with Crippen molar-refractivity contribution in [1.82, 2.24) is 4.72 Å². The molecule has 1 aliphatic carbocycles. The van der Waals surface area contributed by atoms with Crippen LogP contribution in [0.4, 0.5) is 0 Å². The Morgan fingerprint density at radius 1 is 1.37 bits per heavy atom. The highest BCUT2D eigenvalue weighted by Gasteiger charge is 2.30. The lowest BCUT2D eigenvalue weighted by Crippen LogP contribution is -2.43. The normalized spacial score (nSPS) is 22.2. The Morgan fingerprint density at radius 3 is 2.68 bits per heavy atom. The molecule has 1 fully saturated rings. The molecule has 0 radical (unpaired) electrons. The molecule has 0 bridgehead atoms. The van der Waals surface area contributed by atoms with Crippen LogP contribution in [0.5, 0.6) is 0 Å². The summed E-state index contributed by atoms with van der Waals surface area (Å²) in [6.45, 7) is 2.33. The van der Waals surface area contributed by atoms with E-state index in [1.807, 2.05) is 0 Å². The summed E-state index contributed by atoms with van der Waals surface area (Å²) in [5.41, 5.74) is 5.82. The second kappa shape index (κ2) is 5.74. The second-order valence-electron chi connectivity index (χ2n) is 4.90. The summed E-state index contributed by atoms with van der Waals surface area (Å²) >= 11 is 0. The molecular weight excluding hydrogens is 260 g/mol. The van der Waals surface area contributed by atoms with Crippen LogP contribution in [0.1, 0.15) is 25.3 Å². The molecule has 0 atom stereocenters. The molecule has 19 heavy (non-hydrogen) atoms. The fourth-order valence-corrected chi connectivity index (χ4v) is 3.66. The van der Waals surface area contributed by atoms with Gasteiger partial charge in [-0.2, -0.15) is 0 Å². The molecule has 1 aliphatic rings. The van der Waals surface area contributed by atoms with Gasteiger partial charge in [-0.15, -0.1) is 0 Å². The van der Waals surface area contributed by atoms with Crippen LogP contribution in [-0.4, -0.2) is 21.0 Å². The molecule has 0 heterocycles. The van der Waals surface area contributed by atoms with Crippen molar-refractivity contribution in [1.29, 1.82) is 0 Å². The molecule has 1 saturated carbocycles. The summed E-state index contributed by atoms with van der Waals surface area (Å²) in [5, 5.41) is 0. The summed E-state index contributed by atoms with van der Waals surface area (Å²) in [4.78, 5) is 0.232. The Balaban J connectivity index is 2.24. The molecule has 0 unspecified atom stereocenters. The van der Waals surface area contributed by atoms with E-state index in [0.717, 1.165) is 12.8 Å². The van der Waals surface area contributed by atoms with Crippen molar-refractivity contribution in [3.63, 3.8) is 0 Å². The van der Waals surface area contributed by atoms with Gasteiger partial charge in [0, 0.05) is 11.6 Å². The van der Waals surface area contributed by atoms with Gasteiger partial charge in [0.2, 0.25) is 10.0 Å². The maximum atomic E-state index is 12.3. The van der Waals surface area contributed by atoms with Crippen molar-refractivity contribution in [3.8, 4) is 11.8 Å². The first-order valence-electron chi connectivity index (χ1n) is 6.33. The summed E-state index contributed by atoms with van der Waals surface area (Å²) in [6.07, 6.45) is 1.80. The highest BCUT2D eigenvalue weighted by atomic mass is 32.2. The summed E-state index contributed by atoms with van der Waals surface area (Å²) in [5.74, 6) is 6.09.